The highest BCUT2D eigenvalue weighted by Gasteiger charge is 2.23. The molecular formula is C26H33NO2S. The van der Waals surface area contributed by atoms with Gasteiger partial charge in [-0.05, 0) is 49.9 Å². The molecule has 30 heavy (non-hydrogen) atoms. The van der Waals surface area contributed by atoms with E-state index in [2.05, 4.69) is 13.8 Å². The van der Waals surface area contributed by atoms with Crippen LogP contribution in [0.1, 0.15) is 62.3 Å². The highest BCUT2D eigenvalue weighted by molar-refractivity contribution is 7.90. The molecule has 0 amide bonds. The minimum absolute atomic E-state index is 0.340. The van der Waals surface area contributed by atoms with Crippen LogP contribution >= 0.6 is 0 Å². The maximum absolute atomic E-state index is 13.5. The number of aryl methyl sites for hydroxylation is 1. The molecule has 1 aromatic heterocycles. The highest BCUT2D eigenvalue weighted by Crippen LogP contribution is 2.31. The molecule has 0 radical (unpaired) electrons. The van der Waals surface area contributed by atoms with Crippen LogP contribution in [0.5, 0.6) is 0 Å². The topological polar surface area (TPSA) is 39.1 Å². The Morgan fingerprint density at radius 1 is 0.800 bits per heavy atom. The van der Waals surface area contributed by atoms with E-state index in [4.69, 9.17) is 0 Å². The number of benzene rings is 2. The third-order valence-corrected chi connectivity index (χ3v) is 7.49. The van der Waals surface area contributed by atoms with Gasteiger partial charge in [-0.25, -0.2) is 12.4 Å². The van der Waals surface area contributed by atoms with E-state index in [-0.39, 0.29) is 0 Å². The standard InChI is InChI=1S/C26H33NO2S/c1-4-5-6-7-8-12-15-26-22(3)25(23-13-10-9-11-14-23)20-27(26)30(28,29)24-18-16-21(2)17-19-24/h9-11,13-14,16-20H,4-8,12,15H2,1-3H3. The van der Waals surface area contributed by atoms with Gasteiger partial charge in [0.05, 0.1) is 4.90 Å². The molecule has 0 aliphatic carbocycles. The second-order valence-corrected chi connectivity index (χ2v) is 9.93. The molecule has 0 N–H and O–H groups in total. The molecule has 0 bridgehead atoms. The van der Waals surface area contributed by atoms with Crippen LogP contribution in [-0.2, 0) is 16.4 Å². The summed E-state index contributed by atoms with van der Waals surface area (Å²) in [6, 6.07) is 17.2. The number of hydrogen-bond acceptors (Lipinski definition) is 2. The predicted molar refractivity (Wildman–Crippen MR) is 125 cm³/mol. The average molecular weight is 424 g/mol. The number of hydrogen-bond donors (Lipinski definition) is 0. The predicted octanol–water partition coefficient (Wildman–Crippen LogP) is 6.91. The molecule has 0 saturated heterocycles. The van der Waals surface area contributed by atoms with Gasteiger partial charge in [-0.1, -0.05) is 87.1 Å². The average Bonchev–Trinajstić information content (AvgIpc) is 3.08. The SMILES string of the molecule is CCCCCCCCc1c(C)c(-c2ccccc2)cn1S(=O)(=O)c1ccc(C)cc1. The molecule has 0 aliphatic rings. The minimum atomic E-state index is -3.63. The quantitative estimate of drug-likeness (QED) is 0.332. The zero-order valence-electron chi connectivity index (χ0n) is 18.4. The summed E-state index contributed by atoms with van der Waals surface area (Å²) in [7, 11) is -3.63. The molecule has 1 heterocycles. The smallest absolute Gasteiger partial charge is 0.245 e. The van der Waals surface area contributed by atoms with Gasteiger partial charge in [-0.3, -0.25) is 0 Å². The van der Waals surface area contributed by atoms with Gasteiger partial charge < -0.3 is 0 Å². The lowest BCUT2D eigenvalue weighted by Crippen LogP contribution is -2.15. The van der Waals surface area contributed by atoms with Crippen molar-refractivity contribution in [2.45, 2.75) is 70.6 Å². The van der Waals surface area contributed by atoms with Crippen molar-refractivity contribution in [2.75, 3.05) is 0 Å². The fourth-order valence-electron chi connectivity index (χ4n) is 3.93. The first kappa shape index (κ1) is 22.4. The summed E-state index contributed by atoms with van der Waals surface area (Å²) in [6.45, 7) is 6.24. The molecule has 3 rings (SSSR count). The number of nitrogens with zero attached hydrogens (tertiary/aromatic N) is 1. The summed E-state index contributed by atoms with van der Waals surface area (Å²) in [5, 5.41) is 0. The summed E-state index contributed by atoms with van der Waals surface area (Å²) in [5.41, 5.74) is 5.06. The monoisotopic (exact) mass is 423 g/mol. The molecule has 2 aromatic carbocycles. The van der Waals surface area contributed by atoms with E-state index in [9.17, 15) is 8.42 Å². The van der Waals surface area contributed by atoms with E-state index in [1.54, 1.807) is 12.1 Å². The van der Waals surface area contributed by atoms with Crippen molar-refractivity contribution in [2.24, 2.45) is 0 Å². The maximum atomic E-state index is 13.5. The van der Waals surface area contributed by atoms with E-state index in [0.29, 0.717) is 4.90 Å². The Labute approximate surface area is 181 Å². The van der Waals surface area contributed by atoms with Crippen molar-refractivity contribution in [3.63, 3.8) is 0 Å². The summed E-state index contributed by atoms with van der Waals surface area (Å²) in [6.07, 6.45) is 9.70. The van der Waals surface area contributed by atoms with Crippen molar-refractivity contribution in [3.8, 4) is 11.1 Å². The van der Waals surface area contributed by atoms with Crippen LogP contribution in [0.25, 0.3) is 11.1 Å². The van der Waals surface area contributed by atoms with E-state index in [0.717, 1.165) is 47.2 Å². The molecular weight excluding hydrogens is 390 g/mol. The zero-order valence-corrected chi connectivity index (χ0v) is 19.2. The molecule has 160 valence electrons. The fraction of sp³-hybridized carbons (Fsp3) is 0.385. The van der Waals surface area contributed by atoms with Gasteiger partial charge in [0.2, 0.25) is 0 Å². The third-order valence-electron chi connectivity index (χ3n) is 5.78. The van der Waals surface area contributed by atoms with Crippen LogP contribution in [0.4, 0.5) is 0 Å². The van der Waals surface area contributed by atoms with Gasteiger partial charge in [0.25, 0.3) is 10.0 Å². The lowest BCUT2D eigenvalue weighted by molar-refractivity contribution is 0.579. The molecule has 4 heteroatoms. The normalized spacial score (nSPS) is 11.7. The van der Waals surface area contributed by atoms with Crippen LogP contribution in [0.15, 0.2) is 65.7 Å². The van der Waals surface area contributed by atoms with E-state index in [1.807, 2.05) is 55.6 Å². The molecule has 0 fully saturated rings. The summed E-state index contributed by atoms with van der Waals surface area (Å²) >= 11 is 0. The van der Waals surface area contributed by atoms with Gasteiger partial charge in [0.1, 0.15) is 0 Å². The van der Waals surface area contributed by atoms with Crippen LogP contribution in [0, 0.1) is 13.8 Å². The van der Waals surface area contributed by atoms with Gasteiger partial charge >= 0.3 is 0 Å². The molecule has 0 atom stereocenters. The Balaban J connectivity index is 1.96. The van der Waals surface area contributed by atoms with Crippen LogP contribution in [-0.4, -0.2) is 12.4 Å². The van der Waals surface area contributed by atoms with E-state index >= 15 is 0 Å². The van der Waals surface area contributed by atoms with Crippen molar-refractivity contribution < 1.29 is 8.42 Å². The third kappa shape index (κ3) is 5.04. The van der Waals surface area contributed by atoms with E-state index < -0.39 is 10.0 Å². The number of aromatic nitrogens is 1. The Kier molecular flexibility index (Phi) is 7.54. The van der Waals surface area contributed by atoms with Crippen molar-refractivity contribution in [1.29, 1.82) is 0 Å². The first-order valence-corrected chi connectivity index (χ1v) is 12.5. The lowest BCUT2D eigenvalue weighted by atomic mass is 10.0. The number of rotatable bonds is 10. The lowest BCUT2D eigenvalue weighted by Gasteiger charge is -2.12. The van der Waals surface area contributed by atoms with Crippen LogP contribution < -0.4 is 0 Å². The van der Waals surface area contributed by atoms with Crippen molar-refractivity contribution in [3.05, 3.63) is 77.6 Å². The summed E-state index contributed by atoms with van der Waals surface area (Å²) in [4.78, 5) is 0.340. The molecule has 0 unspecified atom stereocenters. The molecule has 3 aromatic rings. The maximum Gasteiger partial charge on any atom is 0.267 e. The second-order valence-electron chi connectivity index (χ2n) is 8.11. The summed E-state index contributed by atoms with van der Waals surface area (Å²) in [5.74, 6) is 0. The highest BCUT2D eigenvalue weighted by atomic mass is 32.2. The van der Waals surface area contributed by atoms with Gasteiger partial charge in [-0.2, -0.15) is 0 Å². The number of unbranched alkanes of at least 4 members (excludes halogenated alkanes) is 5. The Bertz CT molecular complexity index is 1050. The molecule has 0 saturated carbocycles. The van der Waals surface area contributed by atoms with Gasteiger partial charge in [-0.15, -0.1) is 0 Å². The Hall–Kier alpha value is -2.33. The molecule has 0 spiro atoms. The minimum Gasteiger partial charge on any atom is -0.245 e. The molecule has 3 nitrogen and oxygen atoms in total. The largest absolute Gasteiger partial charge is 0.267 e. The first-order chi connectivity index (χ1) is 14.4. The summed E-state index contributed by atoms with van der Waals surface area (Å²) < 4.78 is 28.5. The first-order valence-electron chi connectivity index (χ1n) is 11.0. The van der Waals surface area contributed by atoms with Crippen LogP contribution in [0.3, 0.4) is 0 Å². The second kappa shape index (κ2) is 10.1. The van der Waals surface area contributed by atoms with Crippen LogP contribution in [0.2, 0.25) is 0 Å². The molecule has 0 aliphatic heterocycles. The van der Waals surface area contributed by atoms with Gasteiger partial charge in [0.15, 0.2) is 0 Å². The fourth-order valence-corrected chi connectivity index (χ4v) is 5.40. The van der Waals surface area contributed by atoms with E-state index in [1.165, 1.54) is 29.7 Å². The van der Waals surface area contributed by atoms with Crippen molar-refractivity contribution in [1.82, 2.24) is 3.97 Å². The van der Waals surface area contributed by atoms with Gasteiger partial charge in [0, 0.05) is 17.5 Å². The Morgan fingerprint density at radius 2 is 1.43 bits per heavy atom. The van der Waals surface area contributed by atoms with Crippen molar-refractivity contribution >= 4 is 10.0 Å². The zero-order chi connectivity index (χ0) is 21.6. The Morgan fingerprint density at radius 3 is 2.10 bits per heavy atom.